The summed E-state index contributed by atoms with van der Waals surface area (Å²) < 4.78 is 1.86. The fraction of sp³-hybridized carbons (Fsp3) is 0.364. The van der Waals surface area contributed by atoms with Crippen molar-refractivity contribution in [1.29, 1.82) is 0 Å². The predicted molar refractivity (Wildman–Crippen MR) is 63.9 cm³/mol. The lowest BCUT2D eigenvalue weighted by molar-refractivity contribution is 0.786. The van der Waals surface area contributed by atoms with E-state index in [4.69, 9.17) is 5.73 Å². The molecule has 0 spiro atoms. The Labute approximate surface area is 89.1 Å². The minimum atomic E-state index is 0.365. The van der Waals surface area contributed by atoms with Crippen molar-refractivity contribution in [2.75, 3.05) is 11.1 Å². The van der Waals surface area contributed by atoms with Crippen molar-refractivity contribution in [3.63, 3.8) is 0 Å². The summed E-state index contributed by atoms with van der Waals surface area (Å²) in [6, 6.07) is 6.20. The topological polar surface area (TPSA) is 55.9 Å². The maximum atomic E-state index is 5.77. The number of nitrogens with zero attached hydrogens (tertiary/aromatic N) is 2. The normalized spacial score (nSPS) is 11.2. The summed E-state index contributed by atoms with van der Waals surface area (Å²) in [5.41, 5.74) is 7.62. The molecule has 80 valence electrons. The SMILES string of the molecule is CC(C)Nc1nn(C)c2ccc(N)cc12. The van der Waals surface area contributed by atoms with Crippen LogP contribution in [0.2, 0.25) is 0 Å². The Morgan fingerprint density at radius 1 is 1.40 bits per heavy atom. The van der Waals surface area contributed by atoms with Gasteiger partial charge < -0.3 is 11.1 Å². The second-order valence-corrected chi connectivity index (χ2v) is 4.05. The molecule has 1 aromatic heterocycles. The van der Waals surface area contributed by atoms with E-state index >= 15 is 0 Å². The minimum absolute atomic E-state index is 0.365. The Bertz CT molecular complexity index is 485. The van der Waals surface area contributed by atoms with Gasteiger partial charge in [-0.25, -0.2) is 0 Å². The number of hydrogen-bond donors (Lipinski definition) is 2. The van der Waals surface area contributed by atoms with Gasteiger partial charge in [-0.1, -0.05) is 0 Å². The Kier molecular flexibility index (Phi) is 2.26. The summed E-state index contributed by atoms with van der Waals surface area (Å²) in [5, 5.41) is 8.80. The van der Waals surface area contributed by atoms with E-state index in [0.29, 0.717) is 6.04 Å². The summed E-state index contributed by atoms with van der Waals surface area (Å²) in [6.07, 6.45) is 0. The number of benzene rings is 1. The molecule has 0 amide bonds. The van der Waals surface area contributed by atoms with Crippen molar-refractivity contribution < 1.29 is 0 Å². The maximum absolute atomic E-state index is 5.77. The fourth-order valence-electron chi connectivity index (χ4n) is 1.66. The van der Waals surface area contributed by atoms with Crippen LogP contribution in [0, 0.1) is 0 Å². The molecule has 1 aromatic carbocycles. The zero-order chi connectivity index (χ0) is 11.0. The lowest BCUT2D eigenvalue weighted by atomic mass is 10.2. The highest BCUT2D eigenvalue weighted by Crippen LogP contribution is 2.24. The van der Waals surface area contributed by atoms with Crippen LogP contribution in [0.25, 0.3) is 10.9 Å². The van der Waals surface area contributed by atoms with Crippen LogP contribution in [0.4, 0.5) is 11.5 Å². The van der Waals surface area contributed by atoms with Crippen molar-refractivity contribution in [2.24, 2.45) is 7.05 Å². The van der Waals surface area contributed by atoms with Crippen molar-refractivity contribution in [3.8, 4) is 0 Å². The van der Waals surface area contributed by atoms with Gasteiger partial charge in [0.05, 0.1) is 5.52 Å². The number of anilines is 2. The number of nitrogen functional groups attached to an aromatic ring is 1. The summed E-state index contributed by atoms with van der Waals surface area (Å²) in [7, 11) is 1.93. The van der Waals surface area contributed by atoms with Crippen LogP contribution in [0.1, 0.15) is 13.8 Å². The summed E-state index contributed by atoms with van der Waals surface area (Å²) in [6.45, 7) is 4.18. The van der Waals surface area contributed by atoms with Gasteiger partial charge in [0.15, 0.2) is 5.82 Å². The van der Waals surface area contributed by atoms with Crippen LogP contribution in [0.5, 0.6) is 0 Å². The van der Waals surface area contributed by atoms with E-state index in [9.17, 15) is 0 Å². The molecule has 15 heavy (non-hydrogen) atoms. The lowest BCUT2D eigenvalue weighted by Gasteiger charge is -2.06. The number of nitrogens with one attached hydrogen (secondary N) is 1. The smallest absolute Gasteiger partial charge is 0.156 e. The highest BCUT2D eigenvalue weighted by molar-refractivity contribution is 5.92. The molecule has 0 aliphatic rings. The van der Waals surface area contributed by atoms with Crippen LogP contribution in [-0.4, -0.2) is 15.8 Å². The van der Waals surface area contributed by atoms with Gasteiger partial charge in [-0.15, -0.1) is 0 Å². The van der Waals surface area contributed by atoms with Gasteiger partial charge >= 0.3 is 0 Å². The standard InChI is InChI=1S/C11H16N4/c1-7(2)13-11-9-6-8(12)4-5-10(9)15(3)14-11/h4-7H,12H2,1-3H3,(H,13,14). The molecule has 4 nitrogen and oxygen atoms in total. The minimum Gasteiger partial charge on any atom is -0.399 e. The molecule has 3 N–H and O–H groups in total. The molecule has 0 atom stereocenters. The van der Waals surface area contributed by atoms with Crippen molar-refractivity contribution in [3.05, 3.63) is 18.2 Å². The lowest BCUT2D eigenvalue weighted by Crippen LogP contribution is -2.10. The van der Waals surface area contributed by atoms with E-state index in [2.05, 4.69) is 24.3 Å². The second-order valence-electron chi connectivity index (χ2n) is 4.05. The van der Waals surface area contributed by atoms with Gasteiger partial charge in [0.25, 0.3) is 0 Å². The number of fused-ring (bicyclic) bond motifs is 1. The zero-order valence-corrected chi connectivity index (χ0v) is 9.28. The monoisotopic (exact) mass is 204 g/mol. The number of rotatable bonds is 2. The number of aryl methyl sites for hydroxylation is 1. The van der Waals surface area contributed by atoms with Gasteiger partial charge in [0.2, 0.25) is 0 Å². The molecule has 0 fully saturated rings. The van der Waals surface area contributed by atoms with Crippen molar-refractivity contribution in [1.82, 2.24) is 9.78 Å². The van der Waals surface area contributed by atoms with Crippen molar-refractivity contribution >= 4 is 22.4 Å². The van der Waals surface area contributed by atoms with Crippen LogP contribution in [0.3, 0.4) is 0 Å². The van der Waals surface area contributed by atoms with E-state index < -0.39 is 0 Å². The Morgan fingerprint density at radius 3 is 2.80 bits per heavy atom. The largest absolute Gasteiger partial charge is 0.399 e. The predicted octanol–water partition coefficient (Wildman–Crippen LogP) is 1.98. The summed E-state index contributed by atoms with van der Waals surface area (Å²) >= 11 is 0. The van der Waals surface area contributed by atoms with Gasteiger partial charge in [-0.2, -0.15) is 5.10 Å². The molecule has 0 saturated heterocycles. The molecular weight excluding hydrogens is 188 g/mol. The number of aromatic nitrogens is 2. The highest BCUT2D eigenvalue weighted by Gasteiger charge is 2.08. The van der Waals surface area contributed by atoms with E-state index in [0.717, 1.165) is 22.4 Å². The molecule has 0 saturated carbocycles. The van der Waals surface area contributed by atoms with Crippen LogP contribution in [-0.2, 0) is 7.05 Å². The van der Waals surface area contributed by atoms with Gasteiger partial charge in [-0.05, 0) is 32.0 Å². The van der Waals surface area contributed by atoms with Crippen LogP contribution < -0.4 is 11.1 Å². The molecule has 1 heterocycles. The second kappa shape index (κ2) is 3.46. The van der Waals surface area contributed by atoms with E-state index in [-0.39, 0.29) is 0 Å². The Morgan fingerprint density at radius 2 is 2.13 bits per heavy atom. The first-order chi connectivity index (χ1) is 7.08. The molecule has 0 bridgehead atoms. The average Bonchev–Trinajstić information content (AvgIpc) is 2.42. The quantitative estimate of drug-likeness (QED) is 0.735. The Hall–Kier alpha value is -1.71. The summed E-state index contributed by atoms with van der Waals surface area (Å²) in [5.74, 6) is 0.898. The Balaban J connectivity index is 2.59. The first-order valence-electron chi connectivity index (χ1n) is 5.06. The summed E-state index contributed by atoms with van der Waals surface area (Å²) in [4.78, 5) is 0. The molecule has 2 rings (SSSR count). The maximum Gasteiger partial charge on any atom is 0.156 e. The van der Waals surface area contributed by atoms with E-state index in [1.54, 1.807) is 0 Å². The molecule has 0 aliphatic carbocycles. The molecule has 0 radical (unpaired) electrons. The fourth-order valence-corrected chi connectivity index (χ4v) is 1.66. The molecule has 4 heteroatoms. The first kappa shape index (κ1) is 9.83. The van der Waals surface area contributed by atoms with E-state index in [1.807, 2.05) is 29.9 Å². The van der Waals surface area contributed by atoms with Gasteiger partial charge in [0, 0.05) is 24.2 Å². The third-order valence-electron chi connectivity index (χ3n) is 2.30. The third kappa shape index (κ3) is 1.75. The van der Waals surface area contributed by atoms with E-state index in [1.165, 1.54) is 0 Å². The third-order valence-corrected chi connectivity index (χ3v) is 2.30. The molecule has 0 aliphatic heterocycles. The van der Waals surface area contributed by atoms with Gasteiger partial charge in [-0.3, -0.25) is 4.68 Å². The zero-order valence-electron chi connectivity index (χ0n) is 9.28. The van der Waals surface area contributed by atoms with Gasteiger partial charge in [0.1, 0.15) is 0 Å². The number of nitrogens with two attached hydrogens (primary N) is 1. The highest BCUT2D eigenvalue weighted by atomic mass is 15.3. The molecular formula is C11H16N4. The molecule has 0 unspecified atom stereocenters. The van der Waals surface area contributed by atoms with Crippen molar-refractivity contribution in [2.45, 2.75) is 19.9 Å². The average molecular weight is 204 g/mol. The van der Waals surface area contributed by atoms with Crippen LogP contribution in [0.15, 0.2) is 18.2 Å². The first-order valence-corrected chi connectivity index (χ1v) is 5.06. The number of hydrogen-bond acceptors (Lipinski definition) is 3. The molecule has 2 aromatic rings. The van der Waals surface area contributed by atoms with Crippen LogP contribution >= 0.6 is 0 Å².